The Labute approximate surface area is 223 Å². The average molecular weight is 549 g/mol. The Morgan fingerprint density at radius 2 is 1.83 bits per heavy atom. The first-order chi connectivity index (χ1) is 17.3. The van der Waals surface area contributed by atoms with Gasteiger partial charge in [-0.2, -0.15) is 0 Å². The van der Waals surface area contributed by atoms with Crippen molar-refractivity contribution in [2.24, 2.45) is 0 Å². The maximum Gasteiger partial charge on any atom is 0.258 e. The number of aromatic nitrogens is 1. The first kappa shape index (κ1) is 25.2. The second-order valence-electron chi connectivity index (χ2n) is 9.16. The van der Waals surface area contributed by atoms with Crippen LogP contribution in [0.4, 0.5) is 14.5 Å². The molecule has 5 rings (SSSR count). The number of halogens is 5. The van der Waals surface area contributed by atoms with E-state index in [9.17, 15) is 13.6 Å². The second-order valence-corrected chi connectivity index (χ2v) is 10.3. The van der Waals surface area contributed by atoms with Crippen molar-refractivity contribution in [3.05, 3.63) is 98.3 Å². The van der Waals surface area contributed by atoms with E-state index in [-0.39, 0.29) is 16.5 Å². The van der Waals surface area contributed by atoms with E-state index in [2.05, 4.69) is 9.88 Å². The lowest BCUT2D eigenvalue weighted by molar-refractivity contribution is 0.0977. The molecule has 1 aromatic heterocycles. The van der Waals surface area contributed by atoms with Gasteiger partial charge in [-0.25, -0.2) is 13.8 Å². The van der Waals surface area contributed by atoms with E-state index in [1.54, 1.807) is 29.2 Å². The molecule has 3 heterocycles. The van der Waals surface area contributed by atoms with Crippen LogP contribution in [0.2, 0.25) is 15.2 Å². The molecule has 0 unspecified atom stereocenters. The smallest absolute Gasteiger partial charge is 0.258 e. The Morgan fingerprint density at radius 3 is 2.56 bits per heavy atom. The molecule has 4 nitrogen and oxygen atoms in total. The van der Waals surface area contributed by atoms with Gasteiger partial charge in [0.25, 0.3) is 5.91 Å². The molecule has 0 saturated carbocycles. The molecule has 186 valence electrons. The molecule has 3 aromatic rings. The fraction of sp³-hybridized carbons (Fsp3) is 0.259. The third kappa shape index (κ3) is 4.75. The molecule has 36 heavy (non-hydrogen) atoms. The van der Waals surface area contributed by atoms with E-state index >= 15 is 0 Å². The number of nitrogens with zero attached hydrogens (tertiary/aromatic N) is 3. The van der Waals surface area contributed by atoms with E-state index in [4.69, 9.17) is 34.8 Å². The quantitative estimate of drug-likeness (QED) is 0.329. The summed E-state index contributed by atoms with van der Waals surface area (Å²) in [7, 11) is 0. The Bertz CT molecular complexity index is 1360. The van der Waals surface area contributed by atoms with E-state index in [0.29, 0.717) is 34.3 Å². The predicted molar refractivity (Wildman–Crippen MR) is 140 cm³/mol. The van der Waals surface area contributed by atoms with Crippen LogP contribution in [-0.4, -0.2) is 42.0 Å². The van der Waals surface area contributed by atoms with Crippen LogP contribution in [-0.2, 0) is 5.41 Å². The van der Waals surface area contributed by atoms with Crippen LogP contribution < -0.4 is 4.90 Å². The van der Waals surface area contributed by atoms with Gasteiger partial charge in [-0.3, -0.25) is 9.69 Å². The molecule has 0 aliphatic carbocycles. The number of fused-ring (bicyclic) bond motifs is 2. The SMILES string of the molecule is O=C(c1ccnc(Cl)c1)N1CC2(CCN(C/C=C/c3ccc(F)cc3F)CC2)c2c1ccc(Cl)c2Cl. The molecular weight excluding hydrogens is 527 g/mol. The zero-order valence-corrected chi connectivity index (χ0v) is 21.4. The lowest BCUT2D eigenvalue weighted by Crippen LogP contribution is -2.46. The summed E-state index contributed by atoms with van der Waals surface area (Å²) in [5.41, 5.74) is 2.16. The third-order valence-corrected chi connectivity index (χ3v) is 8.02. The molecule has 0 N–H and O–H groups in total. The lowest BCUT2D eigenvalue weighted by atomic mass is 9.74. The topological polar surface area (TPSA) is 36.4 Å². The van der Waals surface area contributed by atoms with Crippen molar-refractivity contribution in [1.29, 1.82) is 0 Å². The summed E-state index contributed by atoms with van der Waals surface area (Å²) >= 11 is 19.2. The number of piperidine rings is 1. The Morgan fingerprint density at radius 1 is 1.06 bits per heavy atom. The van der Waals surface area contributed by atoms with Crippen LogP contribution in [0.15, 0.2) is 54.7 Å². The summed E-state index contributed by atoms with van der Waals surface area (Å²) in [4.78, 5) is 21.5. The minimum absolute atomic E-state index is 0.164. The van der Waals surface area contributed by atoms with Crippen molar-refractivity contribution in [2.75, 3.05) is 31.1 Å². The fourth-order valence-electron chi connectivity index (χ4n) is 5.15. The third-order valence-electron chi connectivity index (χ3n) is 7.01. The standard InChI is InChI=1S/C27H22Cl3F2N3O/c28-20-5-6-22-24(25(20)30)27(16-35(22)26(36)18-7-10-33-23(29)14-18)8-12-34(13-9-27)11-1-2-17-3-4-19(31)15-21(17)32/h1-7,10,14-15H,8-9,11-13,16H2/b2-1+. The summed E-state index contributed by atoms with van der Waals surface area (Å²) in [5.74, 6) is -1.35. The van der Waals surface area contributed by atoms with E-state index < -0.39 is 11.6 Å². The largest absolute Gasteiger partial charge is 0.307 e. The molecule has 0 atom stereocenters. The zero-order chi connectivity index (χ0) is 25.4. The molecule has 9 heteroatoms. The van der Waals surface area contributed by atoms with Gasteiger partial charge in [-0.05, 0) is 62.3 Å². The Kier molecular flexibility index (Phi) is 7.05. The highest BCUT2D eigenvalue weighted by Gasteiger charge is 2.48. The summed E-state index contributed by atoms with van der Waals surface area (Å²) in [5, 5.41) is 1.20. The summed E-state index contributed by atoms with van der Waals surface area (Å²) in [6.45, 7) is 2.65. The van der Waals surface area contributed by atoms with Crippen LogP contribution in [0.1, 0.15) is 34.3 Å². The Hall–Kier alpha value is -2.51. The van der Waals surface area contributed by atoms with Gasteiger partial charge < -0.3 is 4.90 Å². The number of anilines is 1. The maximum atomic E-state index is 13.9. The van der Waals surface area contributed by atoms with Gasteiger partial charge in [-0.15, -0.1) is 0 Å². The highest BCUT2D eigenvalue weighted by molar-refractivity contribution is 6.43. The molecule has 2 aliphatic rings. The molecular formula is C27H22Cl3F2N3O. The molecule has 2 aromatic carbocycles. The Balaban J connectivity index is 1.35. The van der Waals surface area contributed by atoms with E-state index in [0.717, 1.165) is 43.2 Å². The van der Waals surface area contributed by atoms with Crippen LogP contribution in [0.25, 0.3) is 6.08 Å². The van der Waals surface area contributed by atoms with E-state index in [1.165, 1.54) is 18.3 Å². The normalized spacial score (nSPS) is 17.2. The number of likely N-dealkylation sites (tertiary alicyclic amines) is 1. The van der Waals surface area contributed by atoms with Crippen LogP contribution in [0, 0.1) is 11.6 Å². The lowest BCUT2D eigenvalue weighted by Gasteiger charge is -2.40. The van der Waals surface area contributed by atoms with Gasteiger partial charge in [0.2, 0.25) is 0 Å². The first-order valence-corrected chi connectivity index (χ1v) is 12.7. The van der Waals surface area contributed by atoms with Gasteiger partial charge in [0.05, 0.1) is 10.0 Å². The zero-order valence-electron chi connectivity index (χ0n) is 19.2. The molecule has 2 aliphatic heterocycles. The summed E-state index contributed by atoms with van der Waals surface area (Å²) in [6.07, 6.45) is 6.62. The van der Waals surface area contributed by atoms with Gasteiger partial charge in [0.1, 0.15) is 16.8 Å². The number of pyridine rings is 1. The van der Waals surface area contributed by atoms with Crippen molar-refractivity contribution >= 4 is 52.5 Å². The van der Waals surface area contributed by atoms with Crippen molar-refractivity contribution in [3.63, 3.8) is 0 Å². The summed E-state index contributed by atoms with van der Waals surface area (Å²) in [6, 6.07) is 10.3. The molecule has 1 amide bonds. The first-order valence-electron chi connectivity index (χ1n) is 11.5. The van der Waals surface area contributed by atoms with Crippen LogP contribution >= 0.6 is 34.8 Å². The van der Waals surface area contributed by atoms with Crippen molar-refractivity contribution < 1.29 is 13.6 Å². The highest BCUT2D eigenvalue weighted by atomic mass is 35.5. The van der Waals surface area contributed by atoms with Crippen LogP contribution in [0.3, 0.4) is 0 Å². The highest BCUT2D eigenvalue weighted by Crippen LogP contribution is 2.52. The fourth-order valence-corrected chi connectivity index (χ4v) is 5.84. The number of amides is 1. The van der Waals surface area contributed by atoms with Crippen molar-refractivity contribution in [2.45, 2.75) is 18.3 Å². The van der Waals surface area contributed by atoms with Gasteiger partial charge in [-0.1, -0.05) is 47.0 Å². The van der Waals surface area contributed by atoms with E-state index in [1.807, 2.05) is 12.1 Å². The number of rotatable bonds is 4. The minimum atomic E-state index is -0.596. The number of hydrogen-bond acceptors (Lipinski definition) is 3. The monoisotopic (exact) mass is 547 g/mol. The number of carbonyl (C=O) groups is 1. The second kappa shape index (κ2) is 10.1. The molecule has 0 radical (unpaired) electrons. The predicted octanol–water partition coefficient (Wildman–Crippen LogP) is 7.03. The molecule has 1 spiro atoms. The molecule has 0 bridgehead atoms. The number of benzene rings is 2. The molecule has 1 saturated heterocycles. The minimum Gasteiger partial charge on any atom is -0.307 e. The van der Waals surface area contributed by atoms with Gasteiger partial charge >= 0.3 is 0 Å². The summed E-state index contributed by atoms with van der Waals surface area (Å²) < 4.78 is 27.0. The molecule has 1 fully saturated rings. The maximum absolute atomic E-state index is 13.9. The average Bonchev–Trinajstić information content (AvgIpc) is 3.18. The van der Waals surface area contributed by atoms with Crippen molar-refractivity contribution in [1.82, 2.24) is 9.88 Å². The van der Waals surface area contributed by atoms with Gasteiger partial charge in [0, 0.05) is 53.1 Å². The van der Waals surface area contributed by atoms with Crippen molar-refractivity contribution in [3.8, 4) is 0 Å². The number of hydrogen-bond donors (Lipinski definition) is 0. The number of carbonyl (C=O) groups excluding carboxylic acids is 1. The van der Waals surface area contributed by atoms with Gasteiger partial charge in [0.15, 0.2) is 0 Å². The van der Waals surface area contributed by atoms with Crippen LogP contribution in [0.5, 0.6) is 0 Å².